The maximum atomic E-state index is 13.2. The van der Waals surface area contributed by atoms with Crippen molar-refractivity contribution in [3.63, 3.8) is 0 Å². The number of carbonyl (C=O) groups is 1. The highest BCUT2D eigenvalue weighted by Gasteiger charge is 2.29. The molecule has 1 aliphatic heterocycles. The Hall–Kier alpha value is -3.25. The molecule has 4 rings (SSSR count). The topological polar surface area (TPSA) is 126 Å². The summed E-state index contributed by atoms with van der Waals surface area (Å²) in [5.74, 6) is -0.0296. The highest BCUT2D eigenvalue weighted by atomic mass is 32.2. The Bertz CT molecular complexity index is 1350. The fourth-order valence-electron chi connectivity index (χ4n) is 4.30. The number of sulfone groups is 1. The van der Waals surface area contributed by atoms with Gasteiger partial charge in [-0.15, -0.1) is 0 Å². The van der Waals surface area contributed by atoms with Gasteiger partial charge in [-0.05, 0) is 67.7 Å². The Kier molecular flexibility index (Phi) is 8.28. The van der Waals surface area contributed by atoms with Gasteiger partial charge >= 0.3 is 13.0 Å². The first-order valence-electron chi connectivity index (χ1n) is 11.9. The van der Waals surface area contributed by atoms with E-state index in [2.05, 4.69) is 4.98 Å². The molecule has 11 heteroatoms. The third-order valence-electron chi connectivity index (χ3n) is 6.38. The lowest BCUT2D eigenvalue weighted by atomic mass is 9.83. The zero-order valence-electron chi connectivity index (χ0n) is 20.6. The molecule has 2 heterocycles. The summed E-state index contributed by atoms with van der Waals surface area (Å²) in [5, 5.41) is 20.9. The molecule has 2 N–H and O–H groups in total. The van der Waals surface area contributed by atoms with E-state index in [1.807, 2.05) is 0 Å². The van der Waals surface area contributed by atoms with Crippen LogP contribution in [0.1, 0.15) is 34.0 Å². The van der Waals surface area contributed by atoms with E-state index in [-0.39, 0.29) is 28.0 Å². The fourth-order valence-corrected chi connectivity index (χ4v) is 5.66. The van der Waals surface area contributed by atoms with E-state index in [0.717, 1.165) is 5.56 Å². The molecule has 3 aromatic rings. The second-order valence-corrected chi connectivity index (χ2v) is 10.9. The molecule has 0 fully saturated rings. The van der Waals surface area contributed by atoms with E-state index < -0.39 is 29.0 Å². The summed E-state index contributed by atoms with van der Waals surface area (Å²) in [4.78, 5) is 17.7. The second-order valence-electron chi connectivity index (χ2n) is 8.96. The number of nitrogens with zero attached hydrogens (tertiary/aromatic N) is 2. The van der Waals surface area contributed by atoms with Crippen LogP contribution in [0.5, 0.6) is 5.75 Å². The van der Waals surface area contributed by atoms with E-state index in [4.69, 9.17) is 9.47 Å². The van der Waals surface area contributed by atoms with Crippen molar-refractivity contribution in [1.29, 1.82) is 0 Å². The molecule has 194 valence electrons. The molecule has 0 saturated carbocycles. The van der Waals surface area contributed by atoms with E-state index >= 15 is 0 Å². The maximum absolute atomic E-state index is 13.2. The molecular formula is C26H29BN2O7S. The number of aryl methyl sites for hydroxylation is 1. The van der Waals surface area contributed by atoms with Gasteiger partial charge in [0.1, 0.15) is 11.9 Å². The number of fused-ring (bicyclic) bond motifs is 1. The number of aliphatic hydroxyl groups excluding tert-OH is 1. The molecule has 0 radical (unpaired) electrons. The maximum Gasteiger partial charge on any atom is 0.376 e. The minimum Gasteiger partial charge on any atom is -0.489 e. The van der Waals surface area contributed by atoms with Crippen LogP contribution in [0.15, 0.2) is 76.8 Å². The number of carbonyl (C=O) groups excluding carboxylic acids is 1. The molecule has 0 unspecified atom stereocenters. The predicted octanol–water partition coefficient (Wildman–Crippen LogP) is 2.54. The standard InChI is InChI=1S/C26H29BN2O7S/c1-27(32)29(17-24(30)20-6-4-12-28-15-20)16-21-9-8-18-13-23(10-11-25(18)36-21)37(33,34)22-7-3-5-19(14-22)26(31)35-2/h3-7,10-15,21,24,30,32H,8-9,16-17H2,1-2H3/t21-,24+/m1/s1. The van der Waals surface area contributed by atoms with Crippen molar-refractivity contribution in [2.45, 2.75) is 41.7 Å². The quantitative estimate of drug-likeness (QED) is 0.321. The summed E-state index contributed by atoms with van der Waals surface area (Å²) in [6, 6.07) is 14.0. The number of esters is 1. The zero-order chi connectivity index (χ0) is 26.6. The van der Waals surface area contributed by atoms with Gasteiger partial charge in [0, 0.05) is 31.0 Å². The van der Waals surface area contributed by atoms with Crippen LogP contribution in [0.4, 0.5) is 0 Å². The lowest BCUT2D eigenvalue weighted by Crippen LogP contribution is -2.46. The first-order valence-corrected chi connectivity index (χ1v) is 13.4. The Morgan fingerprint density at radius 1 is 1.22 bits per heavy atom. The largest absolute Gasteiger partial charge is 0.489 e. The van der Waals surface area contributed by atoms with E-state index in [0.29, 0.717) is 30.7 Å². The van der Waals surface area contributed by atoms with Crippen LogP contribution in [0.25, 0.3) is 0 Å². The molecule has 1 aromatic heterocycles. The van der Waals surface area contributed by atoms with Crippen LogP contribution < -0.4 is 4.74 Å². The van der Waals surface area contributed by atoms with Crippen molar-refractivity contribution in [1.82, 2.24) is 9.79 Å². The fraction of sp³-hybridized carbons (Fsp3) is 0.308. The molecule has 2 atom stereocenters. The van der Waals surface area contributed by atoms with Crippen LogP contribution in [-0.4, -0.2) is 67.7 Å². The predicted molar refractivity (Wildman–Crippen MR) is 137 cm³/mol. The lowest BCUT2D eigenvalue weighted by Gasteiger charge is -2.33. The molecule has 0 bridgehead atoms. The summed E-state index contributed by atoms with van der Waals surface area (Å²) in [6.45, 7) is 2.23. The third kappa shape index (κ3) is 6.19. The van der Waals surface area contributed by atoms with Crippen molar-refractivity contribution in [2.75, 3.05) is 20.2 Å². The van der Waals surface area contributed by atoms with Crippen molar-refractivity contribution in [2.24, 2.45) is 0 Å². The van der Waals surface area contributed by atoms with Crippen LogP contribution in [0.2, 0.25) is 6.82 Å². The summed E-state index contributed by atoms with van der Waals surface area (Å²) >= 11 is 0. The first-order chi connectivity index (χ1) is 17.7. The minimum atomic E-state index is -3.86. The summed E-state index contributed by atoms with van der Waals surface area (Å²) in [5.41, 5.74) is 1.58. The second kappa shape index (κ2) is 11.4. The number of rotatable bonds is 9. The Morgan fingerprint density at radius 3 is 2.70 bits per heavy atom. The molecule has 9 nitrogen and oxygen atoms in total. The van der Waals surface area contributed by atoms with Gasteiger partial charge in [0.15, 0.2) is 0 Å². The molecule has 0 aliphatic carbocycles. The van der Waals surface area contributed by atoms with Gasteiger partial charge in [0.25, 0.3) is 0 Å². The van der Waals surface area contributed by atoms with Crippen molar-refractivity contribution < 1.29 is 32.8 Å². The third-order valence-corrected chi connectivity index (χ3v) is 8.13. The van der Waals surface area contributed by atoms with Crippen LogP contribution in [-0.2, 0) is 21.0 Å². The number of aromatic nitrogens is 1. The molecule has 0 spiro atoms. The first kappa shape index (κ1) is 26.8. The van der Waals surface area contributed by atoms with Crippen molar-refractivity contribution >= 4 is 22.9 Å². The van der Waals surface area contributed by atoms with Gasteiger partial charge in [0.2, 0.25) is 9.84 Å². The summed E-state index contributed by atoms with van der Waals surface area (Å²) < 4.78 is 37.3. The number of hydrogen-bond acceptors (Lipinski definition) is 9. The van der Waals surface area contributed by atoms with E-state index in [1.54, 1.807) is 48.3 Å². The summed E-state index contributed by atoms with van der Waals surface area (Å²) in [6.07, 6.45) is 3.36. The van der Waals surface area contributed by atoms with Crippen molar-refractivity contribution in [3.8, 4) is 5.75 Å². The Morgan fingerprint density at radius 2 is 2.00 bits per heavy atom. The van der Waals surface area contributed by atoms with E-state index in [1.165, 1.54) is 37.4 Å². The summed E-state index contributed by atoms with van der Waals surface area (Å²) in [7, 11) is -3.42. The van der Waals surface area contributed by atoms with Gasteiger partial charge in [-0.25, -0.2) is 13.2 Å². The number of benzene rings is 2. The average molecular weight is 524 g/mol. The lowest BCUT2D eigenvalue weighted by molar-refractivity contribution is 0.0600. The van der Waals surface area contributed by atoms with Crippen molar-refractivity contribution in [3.05, 3.63) is 83.7 Å². The monoisotopic (exact) mass is 524 g/mol. The number of hydrogen-bond donors (Lipinski definition) is 2. The number of pyridine rings is 1. The normalized spacial score (nSPS) is 16.0. The number of methoxy groups -OCH3 is 1. The Balaban J connectivity index is 1.47. The van der Waals surface area contributed by atoms with Gasteiger partial charge < -0.3 is 24.4 Å². The number of ether oxygens (including phenoxy) is 2. The zero-order valence-corrected chi connectivity index (χ0v) is 21.5. The van der Waals surface area contributed by atoms with E-state index in [9.17, 15) is 23.3 Å². The van der Waals surface area contributed by atoms with Gasteiger partial charge in [-0.2, -0.15) is 0 Å². The van der Waals surface area contributed by atoms with Gasteiger partial charge in [-0.1, -0.05) is 12.1 Å². The molecule has 2 aromatic carbocycles. The molecule has 37 heavy (non-hydrogen) atoms. The molecule has 0 amide bonds. The highest BCUT2D eigenvalue weighted by molar-refractivity contribution is 7.91. The van der Waals surface area contributed by atoms with Gasteiger partial charge in [-0.3, -0.25) is 4.98 Å². The van der Waals surface area contributed by atoms with Crippen LogP contribution in [0.3, 0.4) is 0 Å². The molecule has 1 aliphatic rings. The average Bonchev–Trinajstić information content (AvgIpc) is 2.92. The number of aliphatic hydroxyl groups is 1. The smallest absolute Gasteiger partial charge is 0.376 e. The van der Waals surface area contributed by atoms with Gasteiger partial charge in [0.05, 0.1) is 28.6 Å². The SMILES string of the molecule is COC(=O)c1cccc(S(=O)(=O)c2ccc3c(c2)CC[C@H](CN(C[C@H](O)c2cccnc2)B(C)O)O3)c1. The highest BCUT2D eigenvalue weighted by Crippen LogP contribution is 2.32. The van der Waals surface area contributed by atoms with Crippen LogP contribution in [0, 0.1) is 0 Å². The minimum absolute atomic E-state index is 0.00435. The van der Waals surface area contributed by atoms with Crippen LogP contribution >= 0.6 is 0 Å². The Labute approximate surface area is 216 Å². The molecular weight excluding hydrogens is 495 g/mol. The molecule has 0 saturated heterocycles.